The van der Waals surface area contributed by atoms with Crippen molar-refractivity contribution in [2.45, 2.75) is 50.5 Å². The maximum atomic E-state index is 12.0. The second-order valence-electron chi connectivity index (χ2n) is 11.2. The predicted octanol–water partition coefficient (Wildman–Crippen LogP) is 6.99. The fraction of sp³-hybridized carbons (Fsp3) is 0.211. The summed E-state index contributed by atoms with van der Waals surface area (Å²) in [6.45, 7) is 1.28. The normalized spacial score (nSPS) is 13.2. The molecule has 1 aromatic heterocycles. The number of amides is 1. The summed E-state index contributed by atoms with van der Waals surface area (Å²) in [5.74, 6) is 0. The van der Waals surface area contributed by atoms with Gasteiger partial charge in [-0.25, -0.2) is 4.79 Å². The fourth-order valence-corrected chi connectivity index (χ4v) is 5.74. The molecule has 6 heteroatoms. The van der Waals surface area contributed by atoms with Gasteiger partial charge in [-0.1, -0.05) is 121 Å². The minimum Gasteiger partial charge on any atom is -0.465 e. The van der Waals surface area contributed by atoms with Crippen molar-refractivity contribution in [1.82, 2.24) is 15.2 Å². The highest BCUT2D eigenvalue weighted by atomic mass is 16.4. The number of aromatic nitrogens is 1. The van der Waals surface area contributed by atoms with Crippen molar-refractivity contribution in [3.05, 3.63) is 162 Å². The highest BCUT2D eigenvalue weighted by molar-refractivity contribution is 5.65. The van der Waals surface area contributed by atoms with E-state index in [-0.39, 0.29) is 12.5 Å². The zero-order valence-electron chi connectivity index (χ0n) is 24.7. The zero-order valence-corrected chi connectivity index (χ0v) is 24.7. The molecule has 1 amide bonds. The fourth-order valence-electron chi connectivity index (χ4n) is 5.74. The second-order valence-corrected chi connectivity index (χ2v) is 11.2. The Hall–Kier alpha value is -4.78. The first-order valence-electron chi connectivity index (χ1n) is 15.1. The van der Waals surface area contributed by atoms with Crippen LogP contribution in [0.2, 0.25) is 0 Å². The molecule has 0 aliphatic heterocycles. The number of nitrogens with zero attached hydrogens (tertiary/aromatic N) is 2. The Morgan fingerprint density at radius 1 is 0.659 bits per heavy atom. The highest BCUT2D eigenvalue weighted by Gasteiger charge is 2.30. The molecule has 4 aromatic carbocycles. The largest absolute Gasteiger partial charge is 0.465 e. The molecule has 5 rings (SSSR count). The SMILES string of the molecule is O=C(O)N[C@@H](Cc1ccccc1)C[C@H](O)[C@H](Cc1ccc(-c2ccccn2)cc1)N(Cc1ccccc1)Cc1ccccc1. The average Bonchev–Trinajstić information content (AvgIpc) is 3.05. The quantitative estimate of drug-likeness (QED) is 0.131. The number of hydrogen-bond acceptors (Lipinski definition) is 4. The molecule has 44 heavy (non-hydrogen) atoms. The first kappa shape index (κ1) is 30.7. The molecule has 0 radical (unpaired) electrons. The summed E-state index contributed by atoms with van der Waals surface area (Å²) in [6.07, 6.45) is 1.25. The van der Waals surface area contributed by atoms with Crippen LogP contribution >= 0.6 is 0 Å². The zero-order chi connectivity index (χ0) is 30.6. The van der Waals surface area contributed by atoms with Crippen molar-refractivity contribution >= 4 is 6.09 Å². The summed E-state index contributed by atoms with van der Waals surface area (Å²) >= 11 is 0. The van der Waals surface area contributed by atoms with Gasteiger partial charge in [0.2, 0.25) is 0 Å². The van der Waals surface area contributed by atoms with Crippen LogP contribution in [0.3, 0.4) is 0 Å². The van der Waals surface area contributed by atoms with Crippen LogP contribution < -0.4 is 5.32 Å². The van der Waals surface area contributed by atoms with Gasteiger partial charge in [-0.05, 0) is 53.6 Å². The van der Waals surface area contributed by atoms with Gasteiger partial charge < -0.3 is 15.5 Å². The van der Waals surface area contributed by atoms with Crippen molar-refractivity contribution in [3.8, 4) is 11.3 Å². The summed E-state index contributed by atoms with van der Waals surface area (Å²) in [6, 6.07) is 43.9. The monoisotopic (exact) mass is 585 g/mol. The van der Waals surface area contributed by atoms with Crippen LogP contribution in [-0.2, 0) is 25.9 Å². The summed E-state index contributed by atoms with van der Waals surface area (Å²) in [4.78, 5) is 18.6. The maximum absolute atomic E-state index is 12.0. The number of nitrogens with one attached hydrogen (secondary N) is 1. The number of hydrogen-bond donors (Lipinski definition) is 3. The molecule has 1 heterocycles. The van der Waals surface area contributed by atoms with Gasteiger partial charge in [-0.3, -0.25) is 9.88 Å². The molecule has 0 aliphatic carbocycles. The molecule has 0 bridgehead atoms. The number of aliphatic hydroxyl groups is 1. The van der Waals surface area contributed by atoms with Crippen molar-refractivity contribution in [3.63, 3.8) is 0 Å². The van der Waals surface area contributed by atoms with E-state index in [4.69, 9.17) is 0 Å². The molecule has 0 saturated heterocycles. The minimum absolute atomic E-state index is 0.276. The first-order valence-corrected chi connectivity index (χ1v) is 15.1. The molecule has 6 nitrogen and oxygen atoms in total. The van der Waals surface area contributed by atoms with Crippen molar-refractivity contribution in [2.75, 3.05) is 0 Å². The lowest BCUT2D eigenvalue weighted by atomic mass is 9.91. The molecular weight excluding hydrogens is 546 g/mol. The average molecular weight is 586 g/mol. The lowest BCUT2D eigenvalue weighted by Crippen LogP contribution is -2.48. The van der Waals surface area contributed by atoms with Crippen molar-refractivity contribution in [2.24, 2.45) is 0 Å². The van der Waals surface area contributed by atoms with Crippen molar-refractivity contribution < 1.29 is 15.0 Å². The van der Waals surface area contributed by atoms with Gasteiger partial charge in [-0.2, -0.15) is 0 Å². The number of carboxylic acid groups (broad SMARTS) is 1. The number of benzene rings is 4. The van der Waals surface area contributed by atoms with Gasteiger partial charge in [-0.15, -0.1) is 0 Å². The van der Waals surface area contributed by atoms with Crippen LogP contribution in [0.5, 0.6) is 0 Å². The maximum Gasteiger partial charge on any atom is 0.404 e. The van der Waals surface area contributed by atoms with Crippen molar-refractivity contribution in [1.29, 1.82) is 0 Å². The van der Waals surface area contributed by atoms with Crippen LogP contribution in [0.15, 0.2) is 140 Å². The predicted molar refractivity (Wildman–Crippen MR) is 175 cm³/mol. The number of rotatable bonds is 14. The minimum atomic E-state index is -1.09. The van der Waals surface area contributed by atoms with E-state index in [0.717, 1.165) is 33.5 Å². The summed E-state index contributed by atoms with van der Waals surface area (Å²) in [7, 11) is 0. The van der Waals surface area contributed by atoms with E-state index in [2.05, 4.69) is 63.7 Å². The molecule has 0 spiro atoms. The lowest BCUT2D eigenvalue weighted by Gasteiger charge is -2.37. The van der Waals surface area contributed by atoms with Crippen LogP contribution in [-0.4, -0.2) is 44.4 Å². The Balaban J connectivity index is 1.45. The summed E-state index contributed by atoms with van der Waals surface area (Å²) in [5.41, 5.74) is 6.35. The van der Waals surface area contributed by atoms with Crippen LogP contribution in [0.4, 0.5) is 4.79 Å². The Kier molecular flexibility index (Phi) is 10.9. The van der Waals surface area contributed by atoms with Gasteiger partial charge >= 0.3 is 6.09 Å². The van der Waals surface area contributed by atoms with E-state index in [9.17, 15) is 15.0 Å². The Morgan fingerprint density at radius 2 is 1.18 bits per heavy atom. The molecule has 0 unspecified atom stereocenters. The number of aliphatic hydroxyl groups excluding tert-OH is 1. The molecular formula is C38H39N3O3. The molecule has 5 aromatic rings. The van der Waals surface area contributed by atoms with E-state index in [1.165, 1.54) is 0 Å². The van der Waals surface area contributed by atoms with Gasteiger partial charge in [0, 0.05) is 36.9 Å². The molecule has 0 saturated carbocycles. The van der Waals surface area contributed by atoms with E-state index < -0.39 is 18.2 Å². The van der Waals surface area contributed by atoms with Gasteiger partial charge in [0.15, 0.2) is 0 Å². The summed E-state index contributed by atoms with van der Waals surface area (Å²) in [5, 5.41) is 24.3. The molecule has 0 fully saturated rings. The number of carbonyl (C=O) groups is 1. The summed E-state index contributed by atoms with van der Waals surface area (Å²) < 4.78 is 0. The third-order valence-corrected chi connectivity index (χ3v) is 7.91. The smallest absolute Gasteiger partial charge is 0.404 e. The Labute approximate surface area is 259 Å². The Bertz CT molecular complexity index is 1510. The van der Waals surface area contributed by atoms with E-state index in [1.54, 1.807) is 6.20 Å². The third kappa shape index (κ3) is 9.11. The van der Waals surface area contributed by atoms with Crippen LogP contribution in [0.25, 0.3) is 11.3 Å². The number of pyridine rings is 1. The topological polar surface area (TPSA) is 85.7 Å². The molecule has 0 aliphatic rings. The van der Waals surface area contributed by atoms with Crippen LogP contribution in [0.1, 0.15) is 28.7 Å². The molecule has 3 N–H and O–H groups in total. The van der Waals surface area contributed by atoms with E-state index in [0.29, 0.717) is 25.9 Å². The molecule has 3 atom stereocenters. The van der Waals surface area contributed by atoms with E-state index in [1.807, 2.05) is 84.9 Å². The third-order valence-electron chi connectivity index (χ3n) is 7.91. The lowest BCUT2D eigenvalue weighted by molar-refractivity contribution is 0.0280. The standard InChI is InChI=1S/C38H39N3O3/c42-37(26-34(40-38(43)44)24-29-12-4-1-5-13-29)36(25-30-19-21-33(22-20-30)35-18-10-11-23-39-35)41(27-31-14-6-2-7-15-31)28-32-16-8-3-9-17-32/h1-23,34,36-37,40,42H,24-28H2,(H,43,44)/t34-,36-,37-/m0/s1. The molecule has 224 valence electrons. The van der Waals surface area contributed by atoms with E-state index >= 15 is 0 Å². The Morgan fingerprint density at radius 3 is 1.70 bits per heavy atom. The second kappa shape index (κ2) is 15.6. The first-order chi connectivity index (χ1) is 21.5. The highest BCUT2D eigenvalue weighted by Crippen LogP contribution is 2.24. The van der Waals surface area contributed by atoms with Gasteiger partial charge in [0.1, 0.15) is 0 Å². The van der Waals surface area contributed by atoms with Gasteiger partial charge in [0.05, 0.1) is 11.8 Å². The van der Waals surface area contributed by atoms with Crippen LogP contribution in [0, 0.1) is 0 Å². The van der Waals surface area contributed by atoms with Gasteiger partial charge in [0.25, 0.3) is 0 Å².